The molecular formula is C19H22N2O5. The second-order valence-electron chi connectivity index (χ2n) is 6.24. The number of carbonyl (C=O) groups is 2. The van der Waals surface area contributed by atoms with Crippen LogP contribution in [0.5, 0.6) is 11.5 Å². The standard InChI is InChI=1S/C19H22N2O5/c1-12(22)26-17(20)18(25)21-19(2,14-5-9-16(24)10-6-14)11-13-3-7-15(23)8-4-13/h3-10,17,23-24H,11,20H2,1-2H3,(H,21,25). The summed E-state index contributed by atoms with van der Waals surface area (Å²) in [4.78, 5) is 23.4. The van der Waals surface area contributed by atoms with Crippen molar-refractivity contribution in [2.24, 2.45) is 5.73 Å². The predicted molar refractivity (Wildman–Crippen MR) is 95.2 cm³/mol. The summed E-state index contributed by atoms with van der Waals surface area (Å²) in [6.07, 6.45) is -1.04. The third-order valence-electron chi connectivity index (χ3n) is 3.95. The molecule has 0 bridgehead atoms. The van der Waals surface area contributed by atoms with E-state index in [-0.39, 0.29) is 11.5 Å². The fraction of sp³-hybridized carbons (Fsp3) is 0.263. The lowest BCUT2D eigenvalue weighted by molar-refractivity contribution is -0.154. The maximum Gasteiger partial charge on any atom is 0.304 e. The molecule has 7 nitrogen and oxygen atoms in total. The monoisotopic (exact) mass is 358 g/mol. The molecule has 2 atom stereocenters. The number of phenols is 2. The molecule has 0 radical (unpaired) electrons. The zero-order chi connectivity index (χ0) is 19.3. The van der Waals surface area contributed by atoms with Crippen molar-refractivity contribution in [1.29, 1.82) is 0 Å². The third-order valence-corrected chi connectivity index (χ3v) is 3.95. The fourth-order valence-electron chi connectivity index (χ4n) is 2.65. The second-order valence-corrected chi connectivity index (χ2v) is 6.24. The van der Waals surface area contributed by atoms with Crippen molar-refractivity contribution in [2.45, 2.75) is 32.0 Å². The topological polar surface area (TPSA) is 122 Å². The maximum absolute atomic E-state index is 12.4. The first-order valence-electron chi connectivity index (χ1n) is 8.02. The molecule has 0 fully saturated rings. The summed E-state index contributed by atoms with van der Waals surface area (Å²) in [5, 5.41) is 21.8. The number of hydrogen-bond acceptors (Lipinski definition) is 6. The van der Waals surface area contributed by atoms with Crippen molar-refractivity contribution in [3.63, 3.8) is 0 Å². The highest BCUT2D eigenvalue weighted by Gasteiger charge is 2.31. The Kier molecular flexibility index (Phi) is 5.84. The van der Waals surface area contributed by atoms with Gasteiger partial charge in [-0.15, -0.1) is 0 Å². The van der Waals surface area contributed by atoms with Crippen LogP contribution < -0.4 is 11.1 Å². The van der Waals surface area contributed by atoms with Gasteiger partial charge in [-0.3, -0.25) is 15.3 Å². The Labute approximate surface area is 151 Å². The van der Waals surface area contributed by atoms with Gasteiger partial charge in [-0.25, -0.2) is 0 Å². The number of phenolic OH excluding ortho intramolecular Hbond substituents is 2. The van der Waals surface area contributed by atoms with Crippen LogP contribution in [0.1, 0.15) is 25.0 Å². The Morgan fingerprint density at radius 1 is 1.08 bits per heavy atom. The van der Waals surface area contributed by atoms with Crippen LogP contribution in [0, 0.1) is 0 Å². The molecule has 0 saturated carbocycles. The van der Waals surface area contributed by atoms with Crippen LogP contribution >= 0.6 is 0 Å². The molecule has 0 aromatic heterocycles. The molecule has 7 heteroatoms. The summed E-state index contributed by atoms with van der Waals surface area (Å²) in [6, 6.07) is 13.0. The molecule has 2 aromatic carbocycles. The smallest absolute Gasteiger partial charge is 0.304 e. The van der Waals surface area contributed by atoms with Crippen LogP contribution in [0.2, 0.25) is 0 Å². The minimum atomic E-state index is -1.43. The minimum absolute atomic E-state index is 0.101. The number of esters is 1. The van der Waals surface area contributed by atoms with Gasteiger partial charge in [0, 0.05) is 6.92 Å². The molecule has 0 heterocycles. The molecular weight excluding hydrogens is 336 g/mol. The second kappa shape index (κ2) is 7.88. The summed E-state index contributed by atoms with van der Waals surface area (Å²) < 4.78 is 4.73. The molecule has 138 valence electrons. The largest absolute Gasteiger partial charge is 0.508 e. The van der Waals surface area contributed by atoms with Gasteiger partial charge in [0.15, 0.2) is 0 Å². The van der Waals surface area contributed by atoms with Crippen molar-refractivity contribution in [3.05, 3.63) is 59.7 Å². The Bertz CT molecular complexity index is 774. The van der Waals surface area contributed by atoms with E-state index in [1.165, 1.54) is 19.1 Å². The van der Waals surface area contributed by atoms with Gasteiger partial charge in [-0.2, -0.15) is 0 Å². The summed E-state index contributed by atoms with van der Waals surface area (Å²) in [5.74, 6) is -1.06. The van der Waals surface area contributed by atoms with Crippen LogP contribution in [0.25, 0.3) is 0 Å². The maximum atomic E-state index is 12.4. The number of amides is 1. The average Bonchev–Trinajstić information content (AvgIpc) is 2.56. The van der Waals surface area contributed by atoms with Crippen LogP contribution in [0.15, 0.2) is 48.5 Å². The minimum Gasteiger partial charge on any atom is -0.508 e. The quantitative estimate of drug-likeness (QED) is 0.459. The van der Waals surface area contributed by atoms with E-state index >= 15 is 0 Å². The lowest BCUT2D eigenvalue weighted by Gasteiger charge is -2.32. The van der Waals surface area contributed by atoms with Crippen molar-refractivity contribution in [2.75, 3.05) is 0 Å². The van der Waals surface area contributed by atoms with Crippen molar-refractivity contribution < 1.29 is 24.5 Å². The van der Waals surface area contributed by atoms with E-state index in [2.05, 4.69) is 5.32 Å². The van der Waals surface area contributed by atoms with E-state index in [0.717, 1.165) is 11.1 Å². The molecule has 2 rings (SSSR count). The van der Waals surface area contributed by atoms with E-state index in [1.54, 1.807) is 43.3 Å². The lowest BCUT2D eigenvalue weighted by atomic mass is 9.85. The lowest BCUT2D eigenvalue weighted by Crippen LogP contribution is -2.52. The third kappa shape index (κ3) is 4.97. The first-order chi connectivity index (χ1) is 12.2. The molecule has 0 aliphatic heterocycles. The predicted octanol–water partition coefficient (Wildman–Crippen LogP) is 1.52. The summed E-state index contributed by atoms with van der Waals surface area (Å²) >= 11 is 0. The summed E-state index contributed by atoms with van der Waals surface area (Å²) in [5.41, 5.74) is 6.31. The van der Waals surface area contributed by atoms with Crippen LogP contribution in [-0.2, 0) is 26.3 Å². The van der Waals surface area contributed by atoms with E-state index < -0.39 is 23.6 Å². The zero-order valence-electron chi connectivity index (χ0n) is 14.6. The highest BCUT2D eigenvalue weighted by atomic mass is 16.6. The fourth-order valence-corrected chi connectivity index (χ4v) is 2.65. The van der Waals surface area contributed by atoms with Gasteiger partial charge in [0.05, 0.1) is 5.54 Å². The molecule has 2 aromatic rings. The van der Waals surface area contributed by atoms with E-state index in [1.807, 2.05) is 0 Å². The average molecular weight is 358 g/mol. The summed E-state index contributed by atoms with van der Waals surface area (Å²) in [6.45, 7) is 2.97. The first kappa shape index (κ1) is 19.3. The van der Waals surface area contributed by atoms with E-state index in [0.29, 0.717) is 6.42 Å². The van der Waals surface area contributed by atoms with Crippen LogP contribution in [0.3, 0.4) is 0 Å². The van der Waals surface area contributed by atoms with E-state index in [9.17, 15) is 19.8 Å². The SMILES string of the molecule is CC(=O)OC(N)C(=O)NC(C)(Cc1ccc(O)cc1)c1ccc(O)cc1. The molecule has 0 saturated heterocycles. The van der Waals surface area contributed by atoms with Gasteiger partial charge in [0.25, 0.3) is 5.91 Å². The molecule has 5 N–H and O–H groups in total. The number of nitrogens with two attached hydrogens (primary N) is 1. The molecule has 0 aliphatic rings. The van der Waals surface area contributed by atoms with E-state index in [4.69, 9.17) is 10.5 Å². The Balaban J connectivity index is 2.31. The van der Waals surface area contributed by atoms with Gasteiger partial charge in [0.2, 0.25) is 6.23 Å². The van der Waals surface area contributed by atoms with Gasteiger partial charge >= 0.3 is 5.97 Å². The van der Waals surface area contributed by atoms with Gasteiger partial charge in [0.1, 0.15) is 11.5 Å². The van der Waals surface area contributed by atoms with Crippen molar-refractivity contribution >= 4 is 11.9 Å². The Morgan fingerprint density at radius 3 is 2.08 bits per heavy atom. The number of ether oxygens (including phenoxy) is 1. The number of benzene rings is 2. The van der Waals surface area contributed by atoms with Gasteiger partial charge in [-0.1, -0.05) is 24.3 Å². The Morgan fingerprint density at radius 2 is 1.58 bits per heavy atom. The number of nitrogens with one attached hydrogen (secondary N) is 1. The van der Waals surface area contributed by atoms with Crippen molar-refractivity contribution in [1.82, 2.24) is 5.32 Å². The Hall–Kier alpha value is -3.06. The van der Waals surface area contributed by atoms with Crippen molar-refractivity contribution in [3.8, 4) is 11.5 Å². The summed E-state index contributed by atoms with van der Waals surface area (Å²) in [7, 11) is 0. The molecule has 2 unspecified atom stereocenters. The molecule has 0 spiro atoms. The van der Waals surface area contributed by atoms with Gasteiger partial charge < -0.3 is 20.3 Å². The van der Waals surface area contributed by atoms with Gasteiger partial charge in [-0.05, 0) is 48.7 Å². The number of hydrogen-bond donors (Lipinski definition) is 4. The molecule has 26 heavy (non-hydrogen) atoms. The number of rotatable bonds is 6. The zero-order valence-corrected chi connectivity index (χ0v) is 14.6. The van der Waals surface area contributed by atoms with Crippen LogP contribution in [-0.4, -0.2) is 28.3 Å². The highest BCUT2D eigenvalue weighted by molar-refractivity contribution is 5.83. The molecule has 0 aliphatic carbocycles. The highest BCUT2D eigenvalue weighted by Crippen LogP contribution is 2.28. The number of aromatic hydroxyl groups is 2. The van der Waals surface area contributed by atoms with Crippen LogP contribution in [0.4, 0.5) is 0 Å². The number of carbonyl (C=O) groups excluding carboxylic acids is 2. The first-order valence-corrected chi connectivity index (χ1v) is 8.02. The molecule has 1 amide bonds. The normalized spacial score (nSPS) is 14.1.